The zero-order valence-corrected chi connectivity index (χ0v) is 10.7. The van der Waals surface area contributed by atoms with Crippen LogP contribution in [0.3, 0.4) is 0 Å². The Bertz CT molecular complexity index is 669. The van der Waals surface area contributed by atoms with Gasteiger partial charge >= 0.3 is 0 Å². The molecule has 0 aliphatic heterocycles. The van der Waals surface area contributed by atoms with Gasteiger partial charge in [0.2, 0.25) is 0 Å². The highest BCUT2D eigenvalue weighted by Crippen LogP contribution is 2.14. The number of hydrogen-bond acceptors (Lipinski definition) is 3. The molecule has 2 aromatic rings. The minimum Gasteiger partial charge on any atom is -0.381 e. The van der Waals surface area contributed by atoms with Gasteiger partial charge in [-0.3, -0.25) is 4.55 Å². The maximum absolute atomic E-state index is 13.0. The van der Waals surface area contributed by atoms with Crippen LogP contribution in [-0.4, -0.2) is 13.0 Å². The second-order valence-electron chi connectivity index (χ2n) is 3.98. The van der Waals surface area contributed by atoms with Crippen LogP contribution < -0.4 is 5.32 Å². The molecule has 0 unspecified atom stereocenters. The van der Waals surface area contributed by atoms with E-state index in [2.05, 4.69) is 5.32 Å². The van der Waals surface area contributed by atoms with E-state index in [-0.39, 0.29) is 10.7 Å². The number of anilines is 1. The van der Waals surface area contributed by atoms with E-state index in [0.29, 0.717) is 12.2 Å². The molecule has 0 bridgehead atoms. The largest absolute Gasteiger partial charge is 0.381 e. The van der Waals surface area contributed by atoms with Crippen LogP contribution in [0.15, 0.2) is 53.4 Å². The lowest BCUT2D eigenvalue weighted by Crippen LogP contribution is -2.01. The molecule has 0 aliphatic carbocycles. The lowest BCUT2D eigenvalue weighted by Gasteiger charge is -2.07. The average Bonchev–Trinajstić information content (AvgIpc) is 2.36. The van der Waals surface area contributed by atoms with Crippen molar-refractivity contribution < 1.29 is 17.4 Å². The summed E-state index contributed by atoms with van der Waals surface area (Å²) in [5.74, 6) is -0.305. The molecule has 2 N–H and O–H groups in total. The van der Waals surface area contributed by atoms with Crippen LogP contribution in [-0.2, 0) is 16.7 Å². The summed E-state index contributed by atoms with van der Waals surface area (Å²) in [6.45, 7) is 0.420. The Morgan fingerprint density at radius 1 is 1.11 bits per heavy atom. The standard InChI is InChI=1S/C13H12FNO3S/c14-11-3-1-2-10(8-11)9-15-12-4-6-13(7-5-12)19(16,17)18/h1-8,15H,9H2,(H,16,17,18). The third-order valence-electron chi connectivity index (χ3n) is 2.54. The Hall–Kier alpha value is -1.92. The maximum Gasteiger partial charge on any atom is 0.294 e. The zero-order chi connectivity index (χ0) is 13.9. The molecule has 0 atom stereocenters. The van der Waals surface area contributed by atoms with Crippen molar-refractivity contribution in [2.45, 2.75) is 11.4 Å². The summed E-state index contributed by atoms with van der Waals surface area (Å²) < 4.78 is 43.5. The minimum absolute atomic E-state index is 0.163. The fourth-order valence-electron chi connectivity index (χ4n) is 1.60. The first kappa shape index (κ1) is 13.5. The van der Waals surface area contributed by atoms with Gasteiger partial charge in [0.05, 0.1) is 4.90 Å². The van der Waals surface area contributed by atoms with Gasteiger partial charge in [-0.05, 0) is 42.0 Å². The highest BCUT2D eigenvalue weighted by molar-refractivity contribution is 7.85. The van der Waals surface area contributed by atoms with Crippen LogP contribution in [0, 0.1) is 5.82 Å². The Morgan fingerprint density at radius 2 is 1.79 bits per heavy atom. The van der Waals surface area contributed by atoms with Crippen LogP contribution in [0.2, 0.25) is 0 Å². The predicted molar refractivity (Wildman–Crippen MR) is 70.0 cm³/mol. The quantitative estimate of drug-likeness (QED) is 0.846. The zero-order valence-electron chi connectivity index (χ0n) is 9.88. The van der Waals surface area contributed by atoms with Gasteiger partial charge in [0.25, 0.3) is 10.1 Å². The normalized spacial score (nSPS) is 11.3. The van der Waals surface area contributed by atoms with Gasteiger partial charge < -0.3 is 5.32 Å². The molecule has 0 aliphatic rings. The molecule has 0 aromatic heterocycles. The molecule has 0 heterocycles. The minimum atomic E-state index is -4.17. The summed E-state index contributed by atoms with van der Waals surface area (Å²) >= 11 is 0. The Balaban J connectivity index is 2.05. The molecule has 19 heavy (non-hydrogen) atoms. The molecule has 0 saturated carbocycles. The van der Waals surface area contributed by atoms with Crippen molar-refractivity contribution in [2.75, 3.05) is 5.32 Å². The average molecular weight is 281 g/mol. The topological polar surface area (TPSA) is 66.4 Å². The molecule has 0 amide bonds. The summed E-state index contributed by atoms with van der Waals surface area (Å²) in [5, 5.41) is 3.02. The van der Waals surface area contributed by atoms with E-state index in [0.717, 1.165) is 5.56 Å². The lowest BCUT2D eigenvalue weighted by atomic mass is 10.2. The monoisotopic (exact) mass is 281 g/mol. The molecule has 4 nitrogen and oxygen atoms in total. The molecule has 2 aromatic carbocycles. The summed E-state index contributed by atoms with van der Waals surface area (Å²) in [6.07, 6.45) is 0. The van der Waals surface area contributed by atoms with E-state index in [1.54, 1.807) is 12.1 Å². The first-order valence-electron chi connectivity index (χ1n) is 5.51. The fourth-order valence-corrected chi connectivity index (χ4v) is 2.08. The highest BCUT2D eigenvalue weighted by atomic mass is 32.2. The third-order valence-corrected chi connectivity index (χ3v) is 3.41. The van der Waals surface area contributed by atoms with Crippen LogP contribution in [0.5, 0.6) is 0 Å². The summed E-state index contributed by atoms with van der Waals surface area (Å²) in [7, 11) is -4.17. The van der Waals surface area contributed by atoms with Crippen LogP contribution >= 0.6 is 0 Å². The molecule has 100 valence electrons. The van der Waals surface area contributed by atoms with Gasteiger partial charge in [-0.2, -0.15) is 8.42 Å². The number of rotatable bonds is 4. The molecule has 2 rings (SSSR count). The van der Waals surface area contributed by atoms with Crippen molar-refractivity contribution in [1.29, 1.82) is 0 Å². The summed E-state index contributed by atoms with van der Waals surface area (Å²) in [6, 6.07) is 11.8. The van der Waals surface area contributed by atoms with Gasteiger partial charge in [-0.25, -0.2) is 4.39 Å². The van der Waals surface area contributed by atoms with Crippen molar-refractivity contribution in [3.63, 3.8) is 0 Å². The molecule has 0 radical (unpaired) electrons. The third kappa shape index (κ3) is 3.77. The molecule has 0 spiro atoms. The predicted octanol–water partition coefficient (Wildman–Crippen LogP) is 2.68. The van der Waals surface area contributed by atoms with Crippen LogP contribution in [0.1, 0.15) is 5.56 Å². The van der Waals surface area contributed by atoms with E-state index >= 15 is 0 Å². The Labute approximate surface area is 110 Å². The number of hydrogen-bond donors (Lipinski definition) is 2. The Kier molecular flexibility index (Phi) is 3.82. The molecular weight excluding hydrogens is 269 g/mol. The van der Waals surface area contributed by atoms with E-state index in [1.165, 1.54) is 36.4 Å². The summed E-state index contributed by atoms with van der Waals surface area (Å²) in [4.78, 5) is -0.163. The van der Waals surface area contributed by atoms with Crippen LogP contribution in [0.25, 0.3) is 0 Å². The number of benzene rings is 2. The van der Waals surface area contributed by atoms with Crippen molar-refractivity contribution in [1.82, 2.24) is 0 Å². The van der Waals surface area contributed by atoms with Crippen LogP contribution in [0.4, 0.5) is 10.1 Å². The lowest BCUT2D eigenvalue weighted by molar-refractivity contribution is 0.483. The molecule has 6 heteroatoms. The number of halogens is 1. The van der Waals surface area contributed by atoms with Crippen molar-refractivity contribution in [3.05, 3.63) is 59.9 Å². The first-order chi connectivity index (χ1) is 8.95. The van der Waals surface area contributed by atoms with E-state index in [4.69, 9.17) is 4.55 Å². The van der Waals surface area contributed by atoms with Gasteiger partial charge in [-0.1, -0.05) is 12.1 Å². The smallest absolute Gasteiger partial charge is 0.294 e. The summed E-state index contributed by atoms with van der Waals surface area (Å²) in [5.41, 5.74) is 1.45. The van der Waals surface area contributed by atoms with Crippen molar-refractivity contribution in [2.24, 2.45) is 0 Å². The van der Waals surface area contributed by atoms with E-state index < -0.39 is 10.1 Å². The second kappa shape index (κ2) is 5.38. The fraction of sp³-hybridized carbons (Fsp3) is 0.0769. The first-order valence-corrected chi connectivity index (χ1v) is 6.95. The van der Waals surface area contributed by atoms with Crippen molar-refractivity contribution >= 4 is 15.8 Å². The van der Waals surface area contributed by atoms with Gasteiger partial charge in [0, 0.05) is 12.2 Å². The molecule has 0 fully saturated rings. The molecule has 0 saturated heterocycles. The Morgan fingerprint density at radius 3 is 2.37 bits per heavy atom. The SMILES string of the molecule is O=S(=O)(O)c1ccc(NCc2cccc(F)c2)cc1. The molecular formula is C13H12FNO3S. The van der Waals surface area contributed by atoms with Gasteiger partial charge in [0.1, 0.15) is 5.82 Å². The van der Waals surface area contributed by atoms with E-state index in [9.17, 15) is 12.8 Å². The second-order valence-corrected chi connectivity index (χ2v) is 5.40. The highest BCUT2D eigenvalue weighted by Gasteiger charge is 2.08. The van der Waals surface area contributed by atoms with Crippen molar-refractivity contribution in [3.8, 4) is 0 Å². The van der Waals surface area contributed by atoms with E-state index in [1.807, 2.05) is 0 Å². The van der Waals surface area contributed by atoms with Gasteiger partial charge in [0.15, 0.2) is 0 Å². The van der Waals surface area contributed by atoms with Gasteiger partial charge in [-0.15, -0.1) is 0 Å². The maximum atomic E-state index is 13.0. The number of nitrogens with one attached hydrogen (secondary N) is 1.